The van der Waals surface area contributed by atoms with Gasteiger partial charge in [-0.2, -0.15) is 0 Å². The molecule has 2 aromatic rings. The minimum atomic E-state index is -3.56. The maximum Gasteiger partial charge on any atom is 0.264 e. The van der Waals surface area contributed by atoms with Gasteiger partial charge in [0.1, 0.15) is 0 Å². The van der Waals surface area contributed by atoms with Crippen molar-refractivity contribution in [2.24, 2.45) is 5.41 Å². The van der Waals surface area contributed by atoms with Gasteiger partial charge in [-0.25, -0.2) is 8.42 Å². The van der Waals surface area contributed by atoms with Gasteiger partial charge in [0.05, 0.1) is 10.9 Å². The predicted molar refractivity (Wildman–Crippen MR) is 92.2 cm³/mol. The lowest BCUT2D eigenvalue weighted by Crippen LogP contribution is -2.36. The van der Waals surface area contributed by atoms with E-state index in [1.54, 1.807) is 30.5 Å². The fourth-order valence-corrected chi connectivity index (χ4v) is 4.43. The van der Waals surface area contributed by atoms with Gasteiger partial charge in [0.25, 0.3) is 10.0 Å². The SMILES string of the molecule is CC1(C)C=CN(S(=O)(=O)c2ccccc2)C(c2ccccc2)C1. The van der Waals surface area contributed by atoms with Gasteiger partial charge < -0.3 is 0 Å². The molecule has 0 radical (unpaired) electrons. The number of allylic oxidation sites excluding steroid dienone is 1. The Morgan fingerprint density at radius 2 is 1.52 bits per heavy atom. The maximum absolute atomic E-state index is 13.1. The quantitative estimate of drug-likeness (QED) is 0.840. The summed E-state index contributed by atoms with van der Waals surface area (Å²) in [6.07, 6.45) is 4.45. The molecule has 0 aromatic heterocycles. The molecule has 3 nitrogen and oxygen atoms in total. The molecular formula is C19H21NO2S. The van der Waals surface area contributed by atoms with Crippen molar-refractivity contribution in [3.63, 3.8) is 0 Å². The highest BCUT2D eigenvalue weighted by atomic mass is 32.2. The van der Waals surface area contributed by atoms with Gasteiger partial charge in [0, 0.05) is 6.20 Å². The standard InChI is InChI=1S/C19H21NO2S/c1-19(2)13-14-20(18(15-19)16-9-5-3-6-10-16)23(21,22)17-11-7-4-8-12-17/h3-14,18H,15H2,1-2H3. The van der Waals surface area contributed by atoms with Gasteiger partial charge >= 0.3 is 0 Å². The molecule has 0 spiro atoms. The van der Waals surface area contributed by atoms with Crippen molar-refractivity contribution in [2.45, 2.75) is 31.2 Å². The first-order valence-corrected chi connectivity index (χ1v) is 9.17. The number of hydrogen-bond donors (Lipinski definition) is 0. The molecule has 1 aliphatic rings. The van der Waals surface area contributed by atoms with Crippen LogP contribution in [0.25, 0.3) is 0 Å². The second kappa shape index (κ2) is 5.85. The number of nitrogens with zero attached hydrogens (tertiary/aromatic N) is 1. The van der Waals surface area contributed by atoms with Crippen LogP contribution in [0.4, 0.5) is 0 Å². The Bertz CT molecular complexity index is 796. The minimum absolute atomic E-state index is 0.0385. The van der Waals surface area contributed by atoms with Crippen LogP contribution in [-0.2, 0) is 10.0 Å². The molecule has 0 fully saturated rings. The smallest absolute Gasteiger partial charge is 0.264 e. The van der Waals surface area contributed by atoms with Crippen molar-refractivity contribution in [3.05, 3.63) is 78.5 Å². The van der Waals surface area contributed by atoms with E-state index >= 15 is 0 Å². The van der Waals surface area contributed by atoms with Crippen LogP contribution in [0, 0.1) is 5.41 Å². The fraction of sp³-hybridized carbons (Fsp3) is 0.263. The Morgan fingerprint density at radius 3 is 2.13 bits per heavy atom. The normalized spacial score (nSPS) is 20.4. The van der Waals surface area contributed by atoms with E-state index in [0.29, 0.717) is 4.90 Å². The summed E-state index contributed by atoms with van der Waals surface area (Å²) in [5, 5.41) is 0. The first kappa shape index (κ1) is 15.8. The second-order valence-electron chi connectivity index (χ2n) is 6.58. The molecule has 0 amide bonds. The van der Waals surface area contributed by atoms with E-state index in [1.165, 1.54) is 4.31 Å². The molecule has 120 valence electrons. The summed E-state index contributed by atoms with van der Waals surface area (Å²) in [7, 11) is -3.56. The van der Waals surface area contributed by atoms with E-state index in [9.17, 15) is 8.42 Å². The maximum atomic E-state index is 13.1. The molecule has 4 heteroatoms. The van der Waals surface area contributed by atoms with Gasteiger partial charge in [-0.05, 0) is 29.5 Å². The Morgan fingerprint density at radius 1 is 0.957 bits per heavy atom. The third kappa shape index (κ3) is 3.17. The van der Waals surface area contributed by atoms with Crippen molar-refractivity contribution >= 4 is 10.0 Å². The largest absolute Gasteiger partial charge is 0.266 e. The summed E-state index contributed by atoms with van der Waals surface area (Å²) < 4.78 is 27.6. The van der Waals surface area contributed by atoms with E-state index in [1.807, 2.05) is 42.5 Å². The monoisotopic (exact) mass is 327 g/mol. The number of sulfonamides is 1. The second-order valence-corrected chi connectivity index (χ2v) is 8.43. The Kier molecular flexibility index (Phi) is 4.02. The molecule has 0 aliphatic carbocycles. The first-order valence-electron chi connectivity index (χ1n) is 7.73. The molecule has 0 saturated carbocycles. The highest BCUT2D eigenvalue weighted by Gasteiger charge is 2.36. The first-order chi connectivity index (χ1) is 10.9. The third-order valence-corrected chi connectivity index (χ3v) is 6.00. The molecular weight excluding hydrogens is 306 g/mol. The van der Waals surface area contributed by atoms with Crippen molar-refractivity contribution in [1.82, 2.24) is 4.31 Å². The molecule has 0 saturated heterocycles. The molecule has 2 aromatic carbocycles. The van der Waals surface area contributed by atoms with Crippen molar-refractivity contribution in [3.8, 4) is 0 Å². The van der Waals surface area contributed by atoms with Crippen molar-refractivity contribution < 1.29 is 8.42 Å². The number of hydrogen-bond acceptors (Lipinski definition) is 2. The van der Waals surface area contributed by atoms with Gasteiger partial charge in [-0.15, -0.1) is 0 Å². The van der Waals surface area contributed by atoms with Crippen LogP contribution >= 0.6 is 0 Å². The molecule has 1 heterocycles. The summed E-state index contributed by atoms with van der Waals surface area (Å²) in [6, 6.07) is 18.3. The predicted octanol–water partition coefficient (Wildman–Crippen LogP) is 4.36. The summed E-state index contributed by atoms with van der Waals surface area (Å²) in [6.45, 7) is 4.26. The molecule has 0 N–H and O–H groups in total. The topological polar surface area (TPSA) is 37.4 Å². The Hall–Kier alpha value is -2.07. The summed E-state index contributed by atoms with van der Waals surface area (Å²) in [5.74, 6) is 0. The van der Waals surface area contributed by atoms with Gasteiger partial charge in [-0.1, -0.05) is 68.5 Å². The Labute approximate surface area is 138 Å². The average molecular weight is 327 g/mol. The lowest BCUT2D eigenvalue weighted by molar-refractivity contribution is 0.269. The molecule has 0 bridgehead atoms. The molecule has 23 heavy (non-hydrogen) atoms. The summed E-state index contributed by atoms with van der Waals surface area (Å²) in [4.78, 5) is 0.324. The number of rotatable bonds is 3. The zero-order valence-corrected chi connectivity index (χ0v) is 14.2. The van der Waals surface area contributed by atoms with E-state index in [-0.39, 0.29) is 11.5 Å². The van der Waals surface area contributed by atoms with Gasteiger partial charge in [0.15, 0.2) is 0 Å². The van der Waals surface area contributed by atoms with E-state index in [2.05, 4.69) is 13.8 Å². The van der Waals surface area contributed by atoms with Gasteiger partial charge in [-0.3, -0.25) is 4.31 Å². The highest BCUT2D eigenvalue weighted by Crippen LogP contribution is 2.42. The van der Waals surface area contributed by atoms with Gasteiger partial charge in [0.2, 0.25) is 0 Å². The summed E-state index contributed by atoms with van der Waals surface area (Å²) in [5.41, 5.74) is 0.980. The van der Waals surface area contributed by atoms with Crippen molar-refractivity contribution in [2.75, 3.05) is 0 Å². The lowest BCUT2D eigenvalue weighted by atomic mass is 9.81. The Balaban J connectivity index is 2.08. The average Bonchev–Trinajstić information content (AvgIpc) is 2.55. The highest BCUT2D eigenvalue weighted by molar-refractivity contribution is 7.89. The van der Waals surface area contributed by atoms with Crippen LogP contribution in [0.2, 0.25) is 0 Å². The van der Waals surface area contributed by atoms with E-state index < -0.39 is 10.0 Å². The molecule has 1 aliphatic heterocycles. The molecule has 3 rings (SSSR count). The lowest BCUT2D eigenvalue weighted by Gasteiger charge is -2.39. The van der Waals surface area contributed by atoms with Crippen LogP contribution in [0.1, 0.15) is 31.9 Å². The van der Waals surface area contributed by atoms with Crippen molar-refractivity contribution in [1.29, 1.82) is 0 Å². The fourth-order valence-electron chi connectivity index (χ4n) is 2.94. The molecule has 1 unspecified atom stereocenters. The zero-order valence-electron chi connectivity index (χ0n) is 13.4. The zero-order chi connectivity index (χ0) is 16.5. The number of benzene rings is 2. The molecule has 1 atom stereocenters. The van der Waals surface area contributed by atoms with Crippen LogP contribution in [0.3, 0.4) is 0 Å². The van der Waals surface area contributed by atoms with Crippen LogP contribution in [0.5, 0.6) is 0 Å². The van der Waals surface area contributed by atoms with Crippen LogP contribution < -0.4 is 0 Å². The summed E-state index contributed by atoms with van der Waals surface area (Å²) >= 11 is 0. The van der Waals surface area contributed by atoms with E-state index in [0.717, 1.165) is 12.0 Å². The minimum Gasteiger partial charge on any atom is -0.266 e. The third-order valence-electron chi connectivity index (χ3n) is 4.20. The van der Waals surface area contributed by atoms with E-state index in [4.69, 9.17) is 0 Å². The van der Waals surface area contributed by atoms with Crippen LogP contribution in [-0.4, -0.2) is 12.7 Å². The van der Waals surface area contributed by atoms with Crippen LogP contribution in [0.15, 0.2) is 77.8 Å².